The van der Waals surface area contributed by atoms with E-state index in [0.717, 1.165) is 33.2 Å². The van der Waals surface area contributed by atoms with Crippen molar-refractivity contribution in [2.45, 2.75) is 26.1 Å². The Morgan fingerprint density at radius 1 is 1.06 bits per heavy atom. The standard InChI is InChI=1S/C26H24N2O5/c1-16(29)28-24(26(30)31)21-7-2-3-8-23(21)33-15-18-12-20-9-10-32-25(20)22(13-18)19-6-4-5-17(11-19)14-27/h2-13,24H,14-15,27H2,1H3,(H,28,29)(H,30,31). The Morgan fingerprint density at radius 2 is 1.88 bits per heavy atom. The van der Waals surface area contributed by atoms with Gasteiger partial charge in [0.05, 0.1) is 6.26 Å². The molecule has 0 aliphatic rings. The Kier molecular flexibility index (Phi) is 6.42. The summed E-state index contributed by atoms with van der Waals surface area (Å²) in [6.45, 7) is 1.92. The van der Waals surface area contributed by atoms with E-state index in [2.05, 4.69) is 5.32 Å². The summed E-state index contributed by atoms with van der Waals surface area (Å²) >= 11 is 0. The van der Waals surface area contributed by atoms with Gasteiger partial charge in [-0.15, -0.1) is 0 Å². The summed E-state index contributed by atoms with van der Waals surface area (Å²) in [7, 11) is 0. The predicted molar refractivity (Wildman–Crippen MR) is 125 cm³/mol. The maximum absolute atomic E-state index is 11.7. The molecule has 0 saturated heterocycles. The van der Waals surface area contributed by atoms with Crippen molar-refractivity contribution in [1.29, 1.82) is 0 Å². The fourth-order valence-corrected chi connectivity index (χ4v) is 3.80. The first-order chi connectivity index (χ1) is 16.0. The number of amides is 1. The second kappa shape index (κ2) is 9.58. The van der Waals surface area contributed by atoms with E-state index < -0.39 is 17.9 Å². The van der Waals surface area contributed by atoms with Crippen molar-refractivity contribution in [1.82, 2.24) is 5.32 Å². The zero-order chi connectivity index (χ0) is 23.4. The summed E-state index contributed by atoms with van der Waals surface area (Å²) < 4.78 is 11.8. The van der Waals surface area contributed by atoms with Crippen LogP contribution >= 0.6 is 0 Å². The van der Waals surface area contributed by atoms with E-state index in [-0.39, 0.29) is 6.61 Å². The Bertz CT molecular complexity index is 1310. The van der Waals surface area contributed by atoms with Gasteiger partial charge in [-0.1, -0.05) is 36.4 Å². The predicted octanol–water partition coefficient (Wildman–Crippen LogP) is 4.40. The third-order valence-corrected chi connectivity index (χ3v) is 5.30. The highest BCUT2D eigenvalue weighted by molar-refractivity contribution is 5.93. The van der Waals surface area contributed by atoms with Gasteiger partial charge in [-0.2, -0.15) is 0 Å². The number of carbonyl (C=O) groups is 2. The second-order valence-corrected chi connectivity index (χ2v) is 7.69. The van der Waals surface area contributed by atoms with Gasteiger partial charge >= 0.3 is 5.97 Å². The fourth-order valence-electron chi connectivity index (χ4n) is 3.80. The molecule has 1 atom stereocenters. The van der Waals surface area contributed by atoms with Gasteiger partial charge in [-0.25, -0.2) is 4.79 Å². The molecule has 33 heavy (non-hydrogen) atoms. The fraction of sp³-hybridized carbons (Fsp3) is 0.154. The molecule has 1 aromatic heterocycles. The van der Waals surface area contributed by atoms with E-state index in [9.17, 15) is 14.7 Å². The minimum atomic E-state index is -1.20. The summed E-state index contributed by atoms with van der Waals surface area (Å²) in [5, 5.41) is 13.0. The van der Waals surface area contributed by atoms with Crippen molar-refractivity contribution in [2.24, 2.45) is 5.73 Å². The number of benzene rings is 3. The highest BCUT2D eigenvalue weighted by Gasteiger charge is 2.24. The van der Waals surface area contributed by atoms with E-state index in [0.29, 0.717) is 17.9 Å². The van der Waals surface area contributed by atoms with Crippen LogP contribution in [0.15, 0.2) is 77.4 Å². The Labute approximate surface area is 190 Å². The van der Waals surface area contributed by atoms with Crippen molar-refractivity contribution < 1.29 is 23.8 Å². The number of carbonyl (C=O) groups excluding carboxylic acids is 1. The van der Waals surface area contributed by atoms with Crippen LogP contribution in [-0.4, -0.2) is 17.0 Å². The van der Waals surface area contributed by atoms with Gasteiger partial charge < -0.3 is 25.3 Å². The summed E-state index contributed by atoms with van der Waals surface area (Å²) in [5.41, 5.74) is 10.8. The number of hydrogen-bond acceptors (Lipinski definition) is 5. The molecule has 1 amide bonds. The van der Waals surface area contributed by atoms with Crippen molar-refractivity contribution in [3.8, 4) is 16.9 Å². The van der Waals surface area contributed by atoms with Crippen molar-refractivity contribution in [2.75, 3.05) is 0 Å². The van der Waals surface area contributed by atoms with Crippen molar-refractivity contribution in [3.63, 3.8) is 0 Å². The molecule has 0 fully saturated rings. The van der Waals surface area contributed by atoms with E-state index >= 15 is 0 Å². The minimum absolute atomic E-state index is 0.203. The lowest BCUT2D eigenvalue weighted by atomic mass is 9.99. The first-order valence-corrected chi connectivity index (χ1v) is 10.5. The molecule has 4 N–H and O–H groups in total. The molecule has 0 aliphatic heterocycles. The number of carboxylic acid groups (broad SMARTS) is 1. The van der Waals surface area contributed by atoms with Crippen LogP contribution in [-0.2, 0) is 22.7 Å². The average Bonchev–Trinajstić information content (AvgIpc) is 3.29. The molecule has 0 saturated carbocycles. The van der Waals surface area contributed by atoms with Crippen LogP contribution in [0.4, 0.5) is 0 Å². The molecule has 3 aromatic carbocycles. The SMILES string of the molecule is CC(=O)NC(C(=O)O)c1ccccc1OCc1cc(-c2cccc(CN)c2)c2occc2c1. The number of ether oxygens (including phenoxy) is 1. The number of nitrogens with two attached hydrogens (primary N) is 1. The second-order valence-electron chi connectivity index (χ2n) is 7.69. The minimum Gasteiger partial charge on any atom is -0.489 e. The van der Waals surface area contributed by atoms with Crippen LogP contribution in [0.1, 0.15) is 29.7 Å². The Balaban J connectivity index is 1.66. The number of nitrogens with one attached hydrogen (secondary N) is 1. The van der Waals surface area contributed by atoms with Crippen LogP contribution in [0.25, 0.3) is 22.1 Å². The maximum atomic E-state index is 11.7. The van der Waals surface area contributed by atoms with Gasteiger partial charge in [0, 0.05) is 30.0 Å². The number of para-hydroxylation sites is 1. The third kappa shape index (κ3) is 4.88. The zero-order valence-electron chi connectivity index (χ0n) is 18.1. The number of fused-ring (bicyclic) bond motifs is 1. The van der Waals surface area contributed by atoms with Crippen molar-refractivity contribution >= 4 is 22.8 Å². The lowest BCUT2D eigenvalue weighted by molar-refractivity contribution is -0.141. The Morgan fingerprint density at radius 3 is 2.64 bits per heavy atom. The normalized spacial score (nSPS) is 11.8. The molecule has 0 bridgehead atoms. The summed E-state index contributed by atoms with van der Waals surface area (Å²) in [6.07, 6.45) is 1.64. The number of hydrogen-bond donors (Lipinski definition) is 3. The van der Waals surface area contributed by atoms with Gasteiger partial charge in [0.15, 0.2) is 6.04 Å². The van der Waals surface area contributed by atoms with Gasteiger partial charge in [0.2, 0.25) is 5.91 Å². The smallest absolute Gasteiger partial charge is 0.331 e. The topological polar surface area (TPSA) is 115 Å². The molecular formula is C26H24N2O5. The van der Waals surface area contributed by atoms with Gasteiger partial charge in [-0.3, -0.25) is 4.79 Å². The summed E-state index contributed by atoms with van der Waals surface area (Å²) in [6, 6.07) is 19.4. The quantitative estimate of drug-likeness (QED) is 0.371. The molecule has 7 nitrogen and oxygen atoms in total. The maximum Gasteiger partial charge on any atom is 0.331 e. The molecule has 0 spiro atoms. The molecular weight excluding hydrogens is 420 g/mol. The lowest BCUT2D eigenvalue weighted by Gasteiger charge is -2.18. The summed E-state index contributed by atoms with van der Waals surface area (Å²) in [4.78, 5) is 23.3. The van der Waals surface area contributed by atoms with Gasteiger partial charge in [-0.05, 0) is 47.0 Å². The molecule has 4 aromatic rings. The van der Waals surface area contributed by atoms with Crippen molar-refractivity contribution in [3.05, 3.63) is 89.7 Å². The monoisotopic (exact) mass is 444 g/mol. The summed E-state index contributed by atoms with van der Waals surface area (Å²) in [5.74, 6) is -1.22. The molecule has 168 valence electrons. The largest absolute Gasteiger partial charge is 0.489 e. The van der Waals surface area contributed by atoms with Crippen LogP contribution in [0.3, 0.4) is 0 Å². The van der Waals surface area contributed by atoms with Crippen LogP contribution < -0.4 is 15.8 Å². The van der Waals surface area contributed by atoms with Crippen LogP contribution in [0.5, 0.6) is 5.75 Å². The molecule has 7 heteroatoms. The number of aliphatic carboxylic acids is 1. The zero-order valence-corrected chi connectivity index (χ0v) is 18.1. The number of furan rings is 1. The van der Waals surface area contributed by atoms with Gasteiger partial charge in [0.1, 0.15) is 17.9 Å². The van der Waals surface area contributed by atoms with E-state index in [1.54, 1.807) is 30.5 Å². The first kappa shape index (κ1) is 22.1. The van der Waals surface area contributed by atoms with Crippen LogP contribution in [0.2, 0.25) is 0 Å². The van der Waals surface area contributed by atoms with Gasteiger partial charge in [0.25, 0.3) is 0 Å². The van der Waals surface area contributed by atoms with E-state index in [1.165, 1.54) is 6.92 Å². The van der Waals surface area contributed by atoms with Crippen LogP contribution in [0, 0.1) is 0 Å². The molecule has 1 heterocycles. The average molecular weight is 444 g/mol. The van der Waals surface area contributed by atoms with E-state index in [1.807, 2.05) is 42.5 Å². The highest BCUT2D eigenvalue weighted by Crippen LogP contribution is 2.33. The first-order valence-electron chi connectivity index (χ1n) is 10.5. The number of carboxylic acids is 1. The molecule has 0 aliphatic carbocycles. The molecule has 0 radical (unpaired) electrons. The highest BCUT2D eigenvalue weighted by atomic mass is 16.5. The molecule has 1 unspecified atom stereocenters. The molecule has 4 rings (SSSR count). The van der Waals surface area contributed by atoms with E-state index in [4.69, 9.17) is 14.9 Å². The third-order valence-electron chi connectivity index (χ3n) is 5.30. The lowest BCUT2D eigenvalue weighted by Crippen LogP contribution is -2.32. The number of rotatable bonds is 8. The Hall–Kier alpha value is -4.10.